The van der Waals surface area contributed by atoms with E-state index in [-0.39, 0.29) is 11.3 Å². The molecule has 0 radical (unpaired) electrons. The van der Waals surface area contributed by atoms with E-state index in [0.29, 0.717) is 9.90 Å². The summed E-state index contributed by atoms with van der Waals surface area (Å²) in [5.41, 5.74) is 0.208. The minimum atomic E-state index is -0.534. The Balaban J connectivity index is 2.41. The van der Waals surface area contributed by atoms with Gasteiger partial charge in [0, 0.05) is 11.8 Å². The van der Waals surface area contributed by atoms with Crippen LogP contribution in [0.2, 0.25) is 5.02 Å². The molecule has 2 aromatic rings. The van der Waals surface area contributed by atoms with Crippen LogP contribution in [-0.4, -0.2) is 10.8 Å². The van der Waals surface area contributed by atoms with E-state index in [2.05, 4.69) is 4.98 Å². The molecule has 0 saturated heterocycles. The highest BCUT2D eigenvalue weighted by Gasteiger charge is 2.14. The number of aromatic nitrogens is 1. The minimum absolute atomic E-state index is 0.208. The normalized spacial score (nSPS) is 10.3. The fourth-order valence-electron chi connectivity index (χ4n) is 1.12. The fraction of sp³-hybridized carbons (Fsp3) is 0. The van der Waals surface area contributed by atoms with Crippen LogP contribution in [0.4, 0.5) is 4.39 Å². The minimum Gasteiger partial charge on any atom is -0.288 e. The van der Waals surface area contributed by atoms with Gasteiger partial charge in [0.2, 0.25) is 5.78 Å². The number of pyridine rings is 1. The lowest BCUT2D eigenvalue weighted by Crippen LogP contribution is -2.00. The lowest BCUT2D eigenvalue weighted by atomic mass is 10.1. The van der Waals surface area contributed by atoms with E-state index in [1.54, 1.807) is 11.4 Å². The number of halogens is 2. The van der Waals surface area contributed by atoms with Gasteiger partial charge in [-0.15, -0.1) is 11.3 Å². The van der Waals surface area contributed by atoms with Crippen LogP contribution in [0, 0.1) is 5.82 Å². The van der Waals surface area contributed by atoms with Crippen molar-refractivity contribution in [1.29, 1.82) is 0 Å². The monoisotopic (exact) mass is 241 g/mol. The molecule has 2 aromatic heterocycles. The molecule has 2 heterocycles. The van der Waals surface area contributed by atoms with E-state index in [1.807, 2.05) is 0 Å². The van der Waals surface area contributed by atoms with Crippen molar-refractivity contribution >= 4 is 28.7 Å². The summed E-state index contributed by atoms with van der Waals surface area (Å²) in [6, 6.07) is 2.78. The van der Waals surface area contributed by atoms with E-state index in [1.165, 1.54) is 17.5 Å². The highest BCUT2D eigenvalue weighted by molar-refractivity contribution is 7.13. The second-order valence-corrected chi connectivity index (χ2v) is 4.14. The number of carbonyl (C=O) groups is 1. The van der Waals surface area contributed by atoms with E-state index in [9.17, 15) is 9.18 Å². The topological polar surface area (TPSA) is 30.0 Å². The summed E-state index contributed by atoms with van der Waals surface area (Å²) in [4.78, 5) is 15.8. The molecule has 0 atom stereocenters. The zero-order valence-electron chi connectivity index (χ0n) is 7.41. The molecule has 0 fully saturated rings. The zero-order valence-corrected chi connectivity index (χ0v) is 8.98. The molecule has 0 N–H and O–H groups in total. The van der Waals surface area contributed by atoms with Gasteiger partial charge in [-0.3, -0.25) is 9.78 Å². The predicted molar refractivity (Wildman–Crippen MR) is 57.0 cm³/mol. The summed E-state index contributed by atoms with van der Waals surface area (Å²) >= 11 is 7.03. The van der Waals surface area contributed by atoms with Crippen LogP contribution in [0.1, 0.15) is 15.2 Å². The van der Waals surface area contributed by atoms with Crippen molar-refractivity contribution in [2.24, 2.45) is 0 Å². The van der Waals surface area contributed by atoms with Crippen LogP contribution in [0.3, 0.4) is 0 Å². The van der Waals surface area contributed by atoms with Gasteiger partial charge in [0.05, 0.1) is 16.1 Å². The first-order valence-corrected chi connectivity index (χ1v) is 5.32. The molecule has 0 bridgehead atoms. The Morgan fingerprint density at radius 1 is 1.47 bits per heavy atom. The number of nitrogens with zero attached hydrogens (tertiary/aromatic N) is 1. The number of hydrogen-bond donors (Lipinski definition) is 0. The fourth-order valence-corrected chi connectivity index (χ4v) is 2.23. The van der Waals surface area contributed by atoms with E-state index in [4.69, 9.17) is 11.6 Å². The zero-order chi connectivity index (χ0) is 10.8. The quantitative estimate of drug-likeness (QED) is 0.756. The number of hydrogen-bond acceptors (Lipinski definition) is 3. The number of ketones is 1. The van der Waals surface area contributed by atoms with Crippen LogP contribution in [0.5, 0.6) is 0 Å². The molecule has 2 rings (SSSR count). The van der Waals surface area contributed by atoms with Gasteiger partial charge in [-0.1, -0.05) is 11.6 Å². The molecule has 0 amide bonds. The molecule has 0 aliphatic carbocycles. The summed E-state index contributed by atoms with van der Waals surface area (Å²) in [7, 11) is 0. The Labute approximate surface area is 94.3 Å². The van der Waals surface area contributed by atoms with Crippen molar-refractivity contribution in [2.45, 2.75) is 0 Å². The average Bonchev–Trinajstić information content (AvgIpc) is 2.63. The Morgan fingerprint density at radius 3 is 2.87 bits per heavy atom. The standard InChI is InChI=1S/C10H5ClFNOS/c11-8-1-2-15-10(8)9(14)6-3-7(12)5-13-4-6/h1-5H. The molecule has 2 nitrogen and oxygen atoms in total. The van der Waals surface area contributed by atoms with Crippen LogP contribution in [0.25, 0.3) is 0 Å². The summed E-state index contributed by atoms with van der Waals surface area (Å²) in [6.07, 6.45) is 2.37. The van der Waals surface area contributed by atoms with Crippen molar-refractivity contribution in [3.05, 3.63) is 51.2 Å². The van der Waals surface area contributed by atoms with Crippen LogP contribution in [0.15, 0.2) is 29.9 Å². The molecular weight excluding hydrogens is 237 g/mol. The van der Waals surface area contributed by atoms with Gasteiger partial charge >= 0.3 is 0 Å². The maximum Gasteiger partial charge on any atom is 0.206 e. The summed E-state index contributed by atoms with van der Waals surface area (Å²) in [6.45, 7) is 0. The molecule has 0 unspecified atom stereocenters. The summed E-state index contributed by atoms with van der Waals surface area (Å²) in [5, 5.41) is 2.09. The first kappa shape index (κ1) is 10.3. The third kappa shape index (κ3) is 2.06. The Kier molecular flexibility index (Phi) is 2.79. The smallest absolute Gasteiger partial charge is 0.206 e. The van der Waals surface area contributed by atoms with Gasteiger partial charge in [-0.2, -0.15) is 0 Å². The first-order valence-electron chi connectivity index (χ1n) is 4.07. The molecule has 0 spiro atoms. The highest BCUT2D eigenvalue weighted by atomic mass is 35.5. The third-order valence-corrected chi connectivity index (χ3v) is 3.13. The molecule has 0 saturated carbocycles. The highest BCUT2D eigenvalue weighted by Crippen LogP contribution is 2.24. The van der Waals surface area contributed by atoms with Gasteiger partial charge in [0.1, 0.15) is 5.82 Å². The predicted octanol–water partition coefficient (Wildman–Crippen LogP) is 3.17. The van der Waals surface area contributed by atoms with Crippen molar-refractivity contribution in [1.82, 2.24) is 4.98 Å². The van der Waals surface area contributed by atoms with Gasteiger partial charge in [0.25, 0.3) is 0 Å². The Morgan fingerprint density at radius 2 is 2.27 bits per heavy atom. The maximum absolute atomic E-state index is 12.8. The van der Waals surface area contributed by atoms with Gasteiger partial charge in [-0.05, 0) is 17.5 Å². The van der Waals surface area contributed by atoms with Crippen LogP contribution in [-0.2, 0) is 0 Å². The van der Waals surface area contributed by atoms with Crippen molar-refractivity contribution in [2.75, 3.05) is 0 Å². The van der Waals surface area contributed by atoms with Crippen molar-refractivity contribution < 1.29 is 9.18 Å². The van der Waals surface area contributed by atoms with Crippen LogP contribution >= 0.6 is 22.9 Å². The molecule has 0 aliphatic heterocycles. The lowest BCUT2D eigenvalue weighted by molar-refractivity contribution is 0.104. The Hall–Kier alpha value is -1.26. The molecule has 0 aromatic carbocycles. The first-order chi connectivity index (χ1) is 7.18. The van der Waals surface area contributed by atoms with Crippen LogP contribution < -0.4 is 0 Å². The number of thiophene rings is 1. The molecule has 76 valence electrons. The Bertz CT molecular complexity index is 512. The molecule has 0 aliphatic rings. The van der Waals surface area contributed by atoms with E-state index in [0.717, 1.165) is 12.3 Å². The SMILES string of the molecule is O=C(c1cncc(F)c1)c1sccc1Cl. The van der Waals surface area contributed by atoms with Gasteiger partial charge in [0.15, 0.2) is 0 Å². The third-order valence-electron chi connectivity index (χ3n) is 1.79. The summed E-state index contributed by atoms with van der Waals surface area (Å²) < 4.78 is 12.8. The van der Waals surface area contributed by atoms with Crippen molar-refractivity contribution in [3.63, 3.8) is 0 Å². The summed E-state index contributed by atoms with van der Waals surface area (Å²) in [5.74, 6) is -0.837. The van der Waals surface area contributed by atoms with E-state index >= 15 is 0 Å². The second kappa shape index (κ2) is 4.08. The van der Waals surface area contributed by atoms with Crippen molar-refractivity contribution in [3.8, 4) is 0 Å². The largest absolute Gasteiger partial charge is 0.288 e. The lowest BCUT2D eigenvalue weighted by Gasteiger charge is -1.98. The maximum atomic E-state index is 12.8. The number of rotatable bonds is 2. The number of carbonyl (C=O) groups excluding carboxylic acids is 1. The van der Waals surface area contributed by atoms with Gasteiger partial charge < -0.3 is 0 Å². The average molecular weight is 242 g/mol. The van der Waals surface area contributed by atoms with E-state index < -0.39 is 5.82 Å². The molecule has 5 heteroatoms. The second-order valence-electron chi connectivity index (χ2n) is 2.82. The van der Waals surface area contributed by atoms with Gasteiger partial charge in [-0.25, -0.2) is 4.39 Å². The molecular formula is C10H5ClFNOS. The molecule has 15 heavy (non-hydrogen) atoms.